The van der Waals surface area contributed by atoms with Crippen LogP contribution in [0.3, 0.4) is 0 Å². The number of nitrogen functional groups attached to an aromatic ring is 1. The minimum atomic E-state index is 0.685. The standard InChI is InChI=1S/C12H18N4S/c1-17-16-7-5-15(6-8-16)12-4-2-3-11(14)10(12)9-13/h2-4,9,13H,5-8,14H2,1H3. The molecule has 0 aliphatic carbocycles. The van der Waals surface area contributed by atoms with Crippen LogP contribution in [0.2, 0.25) is 0 Å². The molecule has 0 radical (unpaired) electrons. The van der Waals surface area contributed by atoms with Crippen molar-refractivity contribution >= 4 is 29.5 Å². The molecule has 2 rings (SSSR count). The van der Waals surface area contributed by atoms with E-state index in [1.165, 1.54) is 6.21 Å². The predicted molar refractivity (Wildman–Crippen MR) is 76.0 cm³/mol. The second kappa shape index (κ2) is 5.42. The molecule has 0 unspecified atom stereocenters. The van der Waals surface area contributed by atoms with E-state index in [0.29, 0.717) is 5.69 Å². The van der Waals surface area contributed by atoms with Gasteiger partial charge in [-0.05, 0) is 18.4 Å². The van der Waals surface area contributed by atoms with Crippen molar-refractivity contribution in [1.29, 1.82) is 5.41 Å². The van der Waals surface area contributed by atoms with Crippen molar-refractivity contribution in [3.63, 3.8) is 0 Å². The molecule has 1 heterocycles. The summed E-state index contributed by atoms with van der Waals surface area (Å²) < 4.78 is 2.35. The van der Waals surface area contributed by atoms with Gasteiger partial charge in [0.1, 0.15) is 0 Å². The third kappa shape index (κ3) is 2.56. The summed E-state index contributed by atoms with van der Waals surface area (Å²) in [6.07, 6.45) is 3.46. The summed E-state index contributed by atoms with van der Waals surface area (Å²) >= 11 is 1.79. The van der Waals surface area contributed by atoms with E-state index in [1.54, 1.807) is 11.9 Å². The van der Waals surface area contributed by atoms with E-state index in [0.717, 1.165) is 37.4 Å². The van der Waals surface area contributed by atoms with Crippen molar-refractivity contribution in [2.45, 2.75) is 0 Å². The highest BCUT2D eigenvalue weighted by Gasteiger charge is 2.18. The van der Waals surface area contributed by atoms with E-state index >= 15 is 0 Å². The molecule has 5 heteroatoms. The molecule has 0 bridgehead atoms. The molecule has 0 spiro atoms. The molecular weight excluding hydrogens is 232 g/mol. The molecule has 0 saturated carbocycles. The predicted octanol–water partition coefficient (Wildman–Crippen LogP) is 1.67. The summed E-state index contributed by atoms with van der Waals surface area (Å²) in [4.78, 5) is 2.31. The van der Waals surface area contributed by atoms with Gasteiger partial charge in [0.05, 0.1) is 0 Å². The number of nitrogens with two attached hydrogens (primary N) is 1. The van der Waals surface area contributed by atoms with Crippen LogP contribution in [0.25, 0.3) is 0 Å². The van der Waals surface area contributed by atoms with Crippen LogP contribution in [0.5, 0.6) is 0 Å². The van der Waals surface area contributed by atoms with E-state index in [4.69, 9.17) is 11.1 Å². The zero-order valence-electron chi connectivity index (χ0n) is 10.0. The summed E-state index contributed by atoms with van der Waals surface area (Å²) in [6.45, 7) is 4.08. The van der Waals surface area contributed by atoms with Crippen LogP contribution in [0.4, 0.5) is 11.4 Å². The molecule has 1 fully saturated rings. The Balaban J connectivity index is 2.18. The lowest BCUT2D eigenvalue weighted by Gasteiger charge is -2.35. The van der Waals surface area contributed by atoms with Gasteiger partial charge in [-0.1, -0.05) is 18.0 Å². The van der Waals surface area contributed by atoms with Gasteiger partial charge in [0.2, 0.25) is 0 Å². The van der Waals surface area contributed by atoms with Crippen LogP contribution in [0.1, 0.15) is 5.56 Å². The van der Waals surface area contributed by atoms with Crippen molar-refractivity contribution < 1.29 is 0 Å². The molecule has 0 aromatic heterocycles. The van der Waals surface area contributed by atoms with Crippen molar-refractivity contribution in [1.82, 2.24) is 4.31 Å². The molecule has 1 aromatic rings. The number of anilines is 2. The summed E-state index contributed by atoms with van der Waals surface area (Å²) in [7, 11) is 0. The second-order valence-electron chi connectivity index (χ2n) is 4.02. The van der Waals surface area contributed by atoms with Crippen LogP contribution in [0, 0.1) is 5.41 Å². The number of hydrogen-bond donors (Lipinski definition) is 2. The maximum Gasteiger partial charge on any atom is 0.0477 e. The van der Waals surface area contributed by atoms with Crippen LogP contribution in [0.15, 0.2) is 18.2 Å². The first-order valence-electron chi connectivity index (χ1n) is 5.69. The molecule has 1 aliphatic rings. The molecule has 17 heavy (non-hydrogen) atoms. The average Bonchev–Trinajstić information content (AvgIpc) is 2.38. The smallest absolute Gasteiger partial charge is 0.0477 e. The van der Waals surface area contributed by atoms with Gasteiger partial charge in [-0.15, -0.1) is 0 Å². The van der Waals surface area contributed by atoms with Crippen molar-refractivity contribution in [2.75, 3.05) is 43.1 Å². The first-order chi connectivity index (χ1) is 8.26. The molecule has 4 nitrogen and oxygen atoms in total. The van der Waals surface area contributed by atoms with Crippen LogP contribution in [-0.2, 0) is 0 Å². The van der Waals surface area contributed by atoms with Gasteiger partial charge in [-0.25, -0.2) is 4.31 Å². The quantitative estimate of drug-likeness (QED) is 0.487. The Morgan fingerprint density at radius 3 is 2.59 bits per heavy atom. The van der Waals surface area contributed by atoms with E-state index in [1.807, 2.05) is 18.2 Å². The highest BCUT2D eigenvalue weighted by Crippen LogP contribution is 2.25. The highest BCUT2D eigenvalue weighted by molar-refractivity contribution is 7.96. The van der Waals surface area contributed by atoms with Gasteiger partial charge in [0.25, 0.3) is 0 Å². The Hall–Kier alpha value is -1.20. The Morgan fingerprint density at radius 1 is 1.29 bits per heavy atom. The number of nitrogens with zero attached hydrogens (tertiary/aromatic N) is 2. The summed E-state index contributed by atoms with van der Waals surface area (Å²) in [5, 5.41) is 7.47. The zero-order valence-corrected chi connectivity index (χ0v) is 10.8. The summed E-state index contributed by atoms with van der Waals surface area (Å²) in [6, 6.07) is 5.85. The van der Waals surface area contributed by atoms with Gasteiger partial charge in [0.15, 0.2) is 0 Å². The Bertz CT molecular complexity index is 399. The molecule has 3 N–H and O–H groups in total. The Labute approximate surface area is 106 Å². The lowest BCUT2D eigenvalue weighted by Crippen LogP contribution is -2.43. The Morgan fingerprint density at radius 2 is 2.00 bits per heavy atom. The minimum absolute atomic E-state index is 0.685. The molecule has 0 atom stereocenters. The number of benzene rings is 1. The highest BCUT2D eigenvalue weighted by atomic mass is 32.2. The SMILES string of the molecule is CSN1CCN(c2cccc(N)c2C=N)CC1. The van der Waals surface area contributed by atoms with Crippen molar-refractivity contribution in [2.24, 2.45) is 0 Å². The molecule has 1 saturated heterocycles. The number of piperazine rings is 1. The fourth-order valence-electron chi connectivity index (χ4n) is 2.11. The first-order valence-corrected chi connectivity index (χ1v) is 6.87. The number of rotatable bonds is 3. The lowest BCUT2D eigenvalue weighted by atomic mass is 10.1. The fraction of sp³-hybridized carbons (Fsp3) is 0.417. The molecule has 0 amide bonds. The molecule has 92 valence electrons. The Kier molecular flexibility index (Phi) is 3.91. The largest absolute Gasteiger partial charge is 0.398 e. The number of hydrogen-bond acceptors (Lipinski definition) is 5. The third-order valence-electron chi connectivity index (χ3n) is 3.10. The van der Waals surface area contributed by atoms with Gasteiger partial charge < -0.3 is 16.0 Å². The van der Waals surface area contributed by atoms with Crippen molar-refractivity contribution in [3.8, 4) is 0 Å². The minimum Gasteiger partial charge on any atom is -0.398 e. The topological polar surface area (TPSA) is 56.4 Å². The van der Waals surface area contributed by atoms with E-state index < -0.39 is 0 Å². The first kappa shape index (κ1) is 12.3. The van der Waals surface area contributed by atoms with E-state index in [-0.39, 0.29) is 0 Å². The average molecular weight is 250 g/mol. The van der Waals surface area contributed by atoms with Gasteiger partial charge in [-0.2, -0.15) is 0 Å². The summed E-state index contributed by atoms with van der Waals surface area (Å²) in [5.74, 6) is 0. The van der Waals surface area contributed by atoms with E-state index in [2.05, 4.69) is 15.5 Å². The van der Waals surface area contributed by atoms with Crippen LogP contribution >= 0.6 is 11.9 Å². The lowest BCUT2D eigenvalue weighted by molar-refractivity contribution is 0.431. The monoisotopic (exact) mass is 250 g/mol. The maximum atomic E-state index is 7.47. The molecule has 1 aromatic carbocycles. The third-order valence-corrected chi connectivity index (χ3v) is 3.98. The normalized spacial score (nSPS) is 17.1. The number of nitrogens with one attached hydrogen (secondary N) is 1. The van der Waals surface area contributed by atoms with Gasteiger partial charge >= 0.3 is 0 Å². The zero-order chi connectivity index (χ0) is 12.3. The van der Waals surface area contributed by atoms with E-state index in [9.17, 15) is 0 Å². The summed E-state index contributed by atoms with van der Waals surface area (Å²) in [5.41, 5.74) is 8.51. The maximum absolute atomic E-state index is 7.47. The van der Waals surface area contributed by atoms with Gasteiger partial charge in [0, 0.05) is 49.3 Å². The van der Waals surface area contributed by atoms with Crippen LogP contribution < -0.4 is 10.6 Å². The molecule has 1 aliphatic heterocycles. The van der Waals surface area contributed by atoms with Crippen LogP contribution in [-0.4, -0.2) is 43.0 Å². The fourth-order valence-corrected chi connectivity index (χ4v) is 2.64. The van der Waals surface area contributed by atoms with Crippen molar-refractivity contribution in [3.05, 3.63) is 23.8 Å². The second-order valence-corrected chi connectivity index (χ2v) is 4.90. The van der Waals surface area contributed by atoms with Gasteiger partial charge in [-0.3, -0.25) is 0 Å². The molecular formula is C12H18N4S.